The molecule has 1 unspecified atom stereocenters. The molecule has 0 fully saturated rings. The van der Waals surface area contributed by atoms with Gasteiger partial charge in [0.2, 0.25) is 0 Å². The lowest BCUT2D eigenvalue weighted by atomic mass is 10.0. The fraction of sp³-hybridized carbons (Fsp3) is 0.350. The second-order valence-electron chi connectivity index (χ2n) is 6.63. The quantitative estimate of drug-likeness (QED) is 0.852. The molecule has 2 heterocycles. The van der Waals surface area contributed by atoms with Crippen LogP contribution < -0.4 is 9.64 Å². The molecule has 0 spiro atoms. The summed E-state index contributed by atoms with van der Waals surface area (Å²) in [5.74, 6) is 2.02. The summed E-state index contributed by atoms with van der Waals surface area (Å²) in [6, 6.07) is 15.5. The predicted molar refractivity (Wildman–Crippen MR) is 99.7 cm³/mol. The number of hydrogen-bond donors (Lipinski definition) is 1. The molecule has 5 heteroatoms. The molecule has 0 saturated heterocycles. The van der Waals surface area contributed by atoms with Crippen molar-refractivity contribution in [1.29, 1.82) is 0 Å². The number of amidine groups is 1. The first-order valence-corrected chi connectivity index (χ1v) is 9.03. The number of ether oxygens (including phenoxy) is 1. The van der Waals surface area contributed by atoms with Crippen LogP contribution in [0.15, 0.2) is 48.5 Å². The number of β-amino-alcohol motifs (C(OH)–C–C–N with tert-alkyl or cyclic N) is 1. The summed E-state index contributed by atoms with van der Waals surface area (Å²) in [6.45, 7) is 1.37. The fourth-order valence-corrected chi connectivity index (χ4v) is 3.99. The van der Waals surface area contributed by atoms with Gasteiger partial charge in [0, 0.05) is 17.0 Å². The van der Waals surface area contributed by atoms with Crippen molar-refractivity contribution in [3.05, 3.63) is 59.1 Å². The largest absolute Gasteiger partial charge is 0.497 e. The van der Waals surface area contributed by atoms with Crippen LogP contribution in [0.4, 0.5) is 5.69 Å². The van der Waals surface area contributed by atoms with Gasteiger partial charge in [-0.25, -0.2) is 9.48 Å². The number of halogens is 1. The van der Waals surface area contributed by atoms with E-state index >= 15 is 0 Å². The topological polar surface area (TPSA) is 35.7 Å². The lowest BCUT2D eigenvalue weighted by Gasteiger charge is -2.24. The Kier molecular flexibility index (Phi) is 4.18. The molecule has 2 aromatic carbocycles. The van der Waals surface area contributed by atoms with Crippen LogP contribution in [0, 0.1) is 0 Å². The van der Waals surface area contributed by atoms with Gasteiger partial charge < -0.3 is 9.84 Å². The van der Waals surface area contributed by atoms with Crippen LogP contribution >= 0.6 is 11.6 Å². The van der Waals surface area contributed by atoms with Crippen LogP contribution in [0.2, 0.25) is 5.02 Å². The molecule has 1 N–H and O–H groups in total. The lowest BCUT2D eigenvalue weighted by molar-refractivity contribution is -0.661. The molecule has 0 radical (unpaired) electrons. The minimum absolute atomic E-state index is 0.510. The Bertz CT molecular complexity index is 801. The zero-order valence-electron chi connectivity index (χ0n) is 14.3. The molecule has 4 nitrogen and oxygen atoms in total. The van der Waals surface area contributed by atoms with E-state index in [9.17, 15) is 5.11 Å². The van der Waals surface area contributed by atoms with Crippen LogP contribution in [0.5, 0.6) is 5.75 Å². The highest BCUT2D eigenvalue weighted by Gasteiger charge is 2.52. The van der Waals surface area contributed by atoms with Gasteiger partial charge in [0.05, 0.1) is 13.7 Å². The van der Waals surface area contributed by atoms with E-state index < -0.39 is 5.72 Å². The van der Waals surface area contributed by atoms with Crippen LogP contribution in [0.1, 0.15) is 24.8 Å². The van der Waals surface area contributed by atoms with Crippen LogP contribution in [0.3, 0.4) is 0 Å². The zero-order chi connectivity index (χ0) is 17.4. The summed E-state index contributed by atoms with van der Waals surface area (Å²) in [7, 11) is 1.67. The van der Waals surface area contributed by atoms with Gasteiger partial charge in [-0.2, -0.15) is 0 Å². The van der Waals surface area contributed by atoms with Gasteiger partial charge >= 0.3 is 0 Å². The van der Waals surface area contributed by atoms with Crippen molar-refractivity contribution >= 4 is 23.1 Å². The van der Waals surface area contributed by atoms with Crippen molar-refractivity contribution in [1.82, 2.24) is 0 Å². The molecule has 2 aliphatic heterocycles. The number of rotatable bonds is 3. The van der Waals surface area contributed by atoms with Gasteiger partial charge in [0.25, 0.3) is 11.6 Å². The Morgan fingerprint density at radius 2 is 1.80 bits per heavy atom. The number of aliphatic hydroxyl groups is 1. The maximum absolute atomic E-state index is 11.6. The maximum atomic E-state index is 11.6. The number of benzene rings is 2. The van der Waals surface area contributed by atoms with Gasteiger partial charge in [0.15, 0.2) is 6.54 Å². The molecule has 0 amide bonds. The molecule has 2 aromatic rings. The van der Waals surface area contributed by atoms with Crippen molar-refractivity contribution in [2.24, 2.45) is 0 Å². The molecule has 0 bridgehead atoms. The summed E-state index contributed by atoms with van der Waals surface area (Å²) in [4.78, 5) is 2.23. The number of hydrogen-bond acceptors (Lipinski definition) is 3. The van der Waals surface area contributed by atoms with Crippen molar-refractivity contribution in [3.8, 4) is 5.75 Å². The minimum Gasteiger partial charge on any atom is -0.497 e. The van der Waals surface area contributed by atoms with Crippen molar-refractivity contribution in [2.75, 3.05) is 25.1 Å². The van der Waals surface area contributed by atoms with E-state index in [1.54, 1.807) is 7.11 Å². The third-order valence-corrected chi connectivity index (χ3v) is 5.42. The normalized spacial score (nSPS) is 22.9. The average Bonchev–Trinajstić information content (AvgIpc) is 2.97. The molecule has 2 aliphatic rings. The van der Waals surface area contributed by atoms with Gasteiger partial charge in [-0.05, 0) is 49.2 Å². The highest BCUT2D eigenvalue weighted by Crippen LogP contribution is 2.36. The second kappa shape index (κ2) is 6.36. The Hall–Kier alpha value is -2.04. The Balaban J connectivity index is 1.75. The highest BCUT2D eigenvalue weighted by molar-refractivity contribution is 6.30. The molecule has 25 heavy (non-hydrogen) atoms. The standard InChI is InChI=1S/C20H22ClN2O2/c1-25-18-11-9-17(10-12-18)22-14-20(24,15-5-7-16(21)8-6-15)23-13-3-2-4-19(22)23/h5-12,24H,2-4,13-14H2,1H3/q+1. The summed E-state index contributed by atoms with van der Waals surface area (Å²) in [6.07, 6.45) is 3.22. The third kappa shape index (κ3) is 2.79. The summed E-state index contributed by atoms with van der Waals surface area (Å²) < 4.78 is 7.42. The number of methoxy groups -OCH3 is 1. The molecule has 130 valence electrons. The molecular weight excluding hydrogens is 336 g/mol. The van der Waals surface area contributed by atoms with E-state index in [-0.39, 0.29) is 0 Å². The Morgan fingerprint density at radius 3 is 2.48 bits per heavy atom. The van der Waals surface area contributed by atoms with Crippen LogP contribution in [-0.4, -0.2) is 35.7 Å². The van der Waals surface area contributed by atoms with Gasteiger partial charge in [-0.1, -0.05) is 23.7 Å². The Labute approximate surface area is 152 Å². The first-order valence-electron chi connectivity index (χ1n) is 8.65. The molecule has 0 aromatic heterocycles. The number of nitrogens with zero attached hydrogens (tertiary/aromatic N) is 2. The second-order valence-corrected chi connectivity index (χ2v) is 7.07. The van der Waals surface area contributed by atoms with Gasteiger partial charge in [0.1, 0.15) is 11.4 Å². The molecule has 4 rings (SSSR count). The van der Waals surface area contributed by atoms with Crippen molar-refractivity contribution < 1.29 is 14.4 Å². The predicted octanol–water partition coefficient (Wildman–Crippen LogP) is 3.61. The van der Waals surface area contributed by atoms with E-state index in [0.717, 1.165) is 42.8 Å². The molecule has 0 aliphatic carbocycles. The first kappa shape index (κ1) is 16.4. The highest BCUT2D eigenvalue weighted by atomic mass is 35.5. The number of anilines is 1. The molecule has 1 atom stereocenters. The lowest BCUT2D eigenvalue weighted by Crippen LogP contribution is -2.41. The van der Waals surface area contributed by atoms with Crippen LogP contribution in [-0.2, 0) is 5.72 Å². The van der Waals surface area contributed by atoms with E-state index in [4.69, 9.17) is 16.3 Å². The third-order valence-electron chi connectivity index (χ3n) is 5.17. The average molecular weight is 358 g/mol. The van der Waals surface area contributed by atoms with E-state index in [1.165, 1.54) is 5.84 Å². The molecule has 0 saturated carbocycles. The smallest absolute Gasteiger partial charge is 0.271 e. The zero-order valence-corrected chi connectivity index (χ0v) is 15.0. The summed E-state index contributed by atoms with van der Waals surface area (Å²) in [5.41, 5.74) is 0.931. The molecular formula is C20H22ClN2O2+. The van der Waals surface area contributed by atoms with Gasteiger partial charge in [-0.3, -0.25) is 0 Å². The van der Waals surface area contributed by atoms with E-state index in [0.29, 0.717) is 11.6 Å². The summed E-state index contributed by atoms with van der Waals surface area (Å²) >= 11 is 6.03. The monoisotopic (exact) mass is 357 g/mol. The van der Waals surface area contributed by atoms with Crippen molar-refractivity contribution in [2.45, 2.75) is 25.0 Å². The fourth-order valence-electron chi connectivity index (χ4n) is 3.86. The maximum Gasteiger partial charge on any atom is 0.271 e. The van der Waals surface area contributed by atoms with Crippen LogP contribution in [0.25, 0.3) is 0 Å². The SMILES string of the molecule is COc1ccc(N2CC(O)(c3ccc(Cl)cc3)[N+]3=C2CCCC3)cc1. The minimum atomic E-state index is -1.03. The summed E-state index contributed by atoms with van der Waals surface area (Å²) in [5, 5.41) is 12.3. The van der Waals surface area contributed by atoms with Crippen molar-refractivity contribution in [3.63, 3.8) is 0 Å². The first-order chi connectivity index (χ1) is 12.1. The van der Waals surface area contributed by atoms with E-state index in [1.807, 2.05) is 48.5 Å². The Morgan fingerprint density at radius 1 is 1.08 bits per heavy atom. The van der Waals surface area contributed by atoms with Gasteiger partial charge in [-0.15, -0.1) is 0 Å². The van der Waals surface area contributed by atoms with E-state index in [2.05, 4.69) is 9.48 Å².